The summed E-state index contributed by atoms with van der Waals surface area (Å²) < 4.78 is 16.8. The zero-order valence-electron chi connectivity index (χ0n) is 12.1. The van der Waals surface area contributed by atoms with E-state index >= 15 is 0 Å². The topological polar surface area (TPSA) is 47.9 Å². The average Bonchev–Trinajstić information content (AvgIpc) is 2.53. The van der Waals surface area contributed by atoms with E-state index in [0.29, 0.717) is 0 Å². The van der Waals surface area contributed by atoms with E-state index in [1.54, 1.807) is 26.4 Å². The molecule has 0 aliphatic carbocycles. The second-order valence-corrected chi connectivity index (χ2v) is 5.04. The molecular formula is C17H18O4. The van der Waals surface area contributed by atoms with Gasteiger partial charge in [-0.15, -0.1) is 0 Å². The summed E-state index contributed by atoms with van der Waals surface area (Å²) >= 11 is 0. The zero-order chi connectivity index (χ0) is 14.8. The van der Waals surface area contributed by atoms with Crippen LogP contribution < -0.4 is 14.2 Å². The first-order valence-electron chi connectivity index (χ1n) is 6.91. The highest BCUT2D eigenvalue weighted by Gasteiger charge is 2.25. The van der Waals surface area contributed by atoms with Crippen molar-refractivity contribution in [3.8, 4) is 23.0 Å². The standard InChI is InChI=1S/C17H18O4/c1-19-13-9-16(20-2)14-7-8-15(21-17(14)10-13)11-3-5-12(18)6-4-11/h3-6,9-10,15,18H,7-8H2,1-2H3/t15-/m0/s1. The van der Waals surface area contributed by atoms with E-state index < -0.39 is 0 Å². The summed E-state index contributed by atoms with van der Waals surface area (Å²) in [4.78, 5) is 0. The molecule has 0 fully saturated rings. The van der Waals surface area contributed by atoms with Crippen LogP contribution in [0.1, 0.15) is 23.7 Å². The normalized spacial score (nSPS) is 16.8. The summed E-state index contributed by atoms with van der Waals surface area (Å²) in [5, 5.41) is 9.38. The van der Waals surface area contributed by atoms with E-state index in [-0.39, 0.29) is 11.9 Å². The van der Waals surface area contributed by atoms with Gasteiger partial charge in [-0.1, -0.05) is 12.1 Å². The summed E-state index contributed by atoms with van der Waals surface area (Å²) in [7, 11) is 3.28. The number of phenols is 1. The van der Waals surface area contributed by atoms with Gasteiger partial charge in [0, 0.05) is 17.7 Å². The highest BCUT2D eigenvalue weighted by atomic mass is 16.5. The lowest BCUT2D eigenvalue weighted by molar-refractivity contribution is 0.173. The second-order valence-electron chi connectivity index (χ2n) is 5.04. The molecule has 4 heteroatoms. The molecule has 1 atom stereocenters. The average molecular weight is 286 g/mol. The van der Waals surface area contributed by atoms with Gasteiger partial charge >= 0.3 is 0 Å². The molecule has 1 N–H and O–H groups in total. The maximum atomic E-state index is 9.38. The predicted octanol–water partition coefficient (Wildman–Crippen LogP) is 3.48. The van der Waals surface area contributed by atoms with Crippen molar-refractivity contribution in [1.29, 1.82) is 0 Å². The van der Waals surface area contributed by atoms with Crippen LogP contribution in [0, 0.1) is 0 Å². The van der Waals surface area contributed by atoms with Crippen molar-refractivity contribution in [3.05, 3.63) is 47.5 Å². The highest BCUT2D eigenvalue weighted by molar-refractivity contribution is 5.52. The van der Waals surface area contributed by atoms with Crippen LogP contribution in [0.25, 0.3) is 0 Å². The third kappa shape index (κ3) is 2.61. The number of methoxy groups -OCH3 is 2. The van der Waals surface area contributed by atoms with Gasteiger partial charge in [0.15, 0.2) is 0 Å². The van der Waals surface area contributed by atoms with Crippen LogP contribution in [0.15, 0.2) is 36.4 Å². The third-order valence-electron chi connectivity index (χ3n) is 3.79. The zero-order valence-corrected chi connectivity index (χ0v) is 12.1. The Balaban J connectivity index is 1.92. The number of fused-ring (bicyclic) bond motifs is 1. The summed E-state index contributed by atoms with van der Waals surface area (Å²) in [6.07, 6.45) is 1.74. The number of ether oxygens (including phenoxy) is 3. The lowest BCUT2D eigenvalue weighted by Crippen LogP contribution is -2.15. The number of hydrogen-bond acceptors (Lipinski definition) is 4. The molecule has 1 aliphatic heterocycles. The molecule has 3 rings (SSSR count). The van der Waals surface area contributed by atoms with Gasteiger partial charge in [0.2, 0.25) is 0 Å². The second kappa shape index (κ2) is 5.56. The van der Waals surface area contributed by atoms with Crippen molar-refractivity contribution in [2.24, 2.45) is 0 Å². The van der Waals surface area contributed by atoms with Crippen molar-refractivity contribution in [2.75, 3.05) is 14.2 Å². The van der Waals surface area contributed by atoms with Gasteiger partial charge in [-0.05, 0) is 30.5 Å². The molecule has 4 nitrogen and oxygen atoms in total. The van der Waals surface area contributed by atoms with Crippen molar-refractivity contribution >= 4 is 0 Å². The summed E-state index contributed by atoms with van der Waals surface area (Å²) in [6, 6.07) is 10.9. The Labute approximate surface area is 123 Å². The molecule has 0 radical (unpaired) electrons. The van der Waals surface area contributed by atoms with Crippen LogP contribution in [-0.2, 0) is 6.42 Å². The van der Waals surface area contributed by atoms with E-state index in [2.05, 4.69) is 0 Å². The number of hydrogen-bond donors (Lipinski definition) is 1. The van der Waals surface area contributed by atoms with Gasteiger partial charge in [0.05, 0.1) is 14.2 Å². The molecule has 0 aromatic heterocycles. The molecule has 21 heavy (non-hydrogen) atoms. The van der Waals surface area contributed by atoms with Gasteiger partial charge in [0.25, 0.3) is 0 Å². The fourth-order valence-corrected chi connectivity index (χ4v) is 2.66. The van der Waals surface area contributed by atoms with Gasteiger partial charge in [0.1, 0.15) is 29.1 Å². The van der Waals surface area contributed by atoms with Crippen LogP contribution in [0.2, 0.25) is 0 Å². The molecule has 0 amide bonds. The summed E-state index contributed by atoms with van der Waals surface area (Å²) in [5.41, 5.74) is 2.13. The Morgan fingerprint density at radius 3 is 2.52 bits per heavy atom. The van der Waals surface area contributed by atoms with Crippen LogP contribution in [0.5, 0.6) is 23.0 Å². The van der Waals surface area contributed by atoms with Crippen LogP contribution in [0.4, 0.5) is 0 Å². The molecule has 0 spiro atoms. The fraction of sp³-hybridized carbons (Fsp3) is 0.294. The Morgan fingerprint density at radius 1 is 1.10 bits per heavy atom. The fourth-order valence-electron chi connectivity index (χ4n) is 2.66. The number of rotatable bonds is 3. The van der Waals surface area contributed by atoms with Crippen molar-refractivity contribution in [3.63, 3.8) is 0 Å². The molecule has 1 heterocycles. The Kier molecular flexibility index (Phi) is 3.60. The summed E-state index contributed by atoms with van der Waals surface area (Å²) in [5.74, 6) is 2.58. The smallest absolute Gasteiger partial charge is 0.130 e. The van der Waals surface area contributed by atoms with Crippen molar-refractivity contribution in [2.45, 2.75) is 18.9 Å². The first kappa shape index (κ1) is 13.6. The molecule has 1 aliphatic rings. The minimum absolute atomic E-state index is 0.0186. The maximum Gasteiger partial charge on any atom is 0.130 e. The van der Waals surface area contributed by atoms with E-state index in [9.17, 15) is 5.11 Å². The lowest BCUT2D eigenvalue weighted by Gasteiger charge is -2.28. The molecule has 110 valence electrons. The minimum Gasteiger partial charge on any atom is -0.508 e. The monoisotopic (exact) mass is 286 g/mol. The lowest BCUT2D eigenvalue weighted by atomic mass is 9.96. The summed E-state index contributed by atoms with van der Waals surface area (Å²) in [6.45, 7) is 0. The number of phenolic OH excluding ortho intramolecular Hbond substituents is 1. The van der Waals surface area contributed by atoms with E-state index in [1.165, 1.54) is 0 Å². The van der Waals surface area contributed by atoms with Crippen LogP contribution in [0.3, 0.4) is 0 Å². The molecule has 0 unspecified atom stereocenters. The molecule has 0 saturated carbocycles. The number of aromatic hydroxyl groups is 1. The Bertz CT molecular complexity index is 634. The number of benzene rings is 2. The van der Waals surface area contributed by atoms with Gasteiger partial charge in [-0.25, -0.2) is 0 Å². The SMILES string of the molecule is COc1cc(OC)c2c(c1)O[C@H](c1ccc(O)cc1)CC2. The van der Waals surface area contributed by atoms with Crippen LogP contribution in [-0.4, -0.2) is 19.3 Å². The predicted molar refractivity (Wildman–Crippen MR) is 79.3 cm³/mol. The molecule has 2 aromatic carbocycles. The largest absolute Gasteiger partial charge is 0.508 e. The van der Waals surface area contributed by atoms with E-state index in [4.69, 9.17) is 14.2 Å². The van der Waals surface area contributed by atoms with E-state index in [1.807, 2.05) is 24.3 Å². The van der Waals surface area contributed by atoms with Gasteiger partial charge in [-0.3, -0.25) is 0 Å². The van der Waals surface area contributed by atoms with Crippen LogP contribution >= 0.6 is 0 Å². The molecule has 0 bridgehead atoms. The Morgan fingerprint density at radius 2 is 1.86 bits per heavy atom. The first-order chi connectivity index (χ1) is 10.2. The van der Waals surface area contributed by atoms with Gasteiger partial charge in [-0.2, -0.15) is 0 Å². The first-order valence-corrected chi connectivity index (χ1v) is 6.91. The highest BCUT2D eigenvalue weighted by Crippen LogP contribution is 2.42. The molecule has 0 saturated heterocycles. The van der Waals surface area contributed by atoms with Crippen molar-refractivity contribution < 1.29 is 19.3 Å². The molecular weight excluding hydrogens is 268 g/mol. The van der Waals surface area contributed by atoms with E-state index in [0.717, 1.165) is 41.2 Å². The maximum absolute atomic E-state index is 9.38. The van der Waals surface area contributed by atoms with Crippen molar-refractivity contribution in [1.82, 2.24) is 0 Å². The quantitative estimate of drug-likeness (QED) is 0.938. The van der Waals surface area contributed by atoms with Gasteiger partial charge < -0.3 is 19.3 Å². The minimum atomic E-state index is -0.0186. The Hall–Kier alpha value is -2.36. The molecule has 2 aromatic rings. The third-order valence-corrected chi connectivity index (χ3v) is 3.79.